The third-order valence-electron chi connectivity index (χ3n) is 7.67. The van der Waals surface area contributed by atoms with Gasteiger partial charge >= 0.3 is 5.97 Å². The van der Waals surface area contributed by atoms with Gasteiger partial charge in [-0.3, -0.25) is 15.0 Å². The van der Waals surface area contributed by atoms with E-state index in [-0.39, 0.29) is 24.0 Å². The molecule has 1 aliphatic heterocycles. The molecule has 8 nitrogen and oxygen atoms in total. The SMILES string of the molecule is COC(=O)c1ccc2cc(C(=O)Nc3nc(-c4cc(Cl)cs4)c(N4CCN(C5CCCCC5)CC4)s3)ccc2n1.Cl. The molecule has 6 rings (SSSR count). The number of piperazine rings is 1. The number of halogens is 2. The van der Waals surface area contributed by atoms with Gasteiger partial charge in [0.15, 0.2) is 5.13 Å². The van der Waals surface area contributed by atoms with Crippen molar-refractivity contribution in [2.45, 2.75) is 38.1 Å². The Hall–Kier alpha value is -2.76. The lowest BCUT2D eigenvalue weighted by Gasteiger charge is -2.41. The van der Waals surface area contributed by atoms with Gasteiger partial charge in [0.2, 0.25) is 0 Å². The summed E-state index contributed by atoms with van der Waals surface area (Å²) in [7, 11) is 1.32. The topological polar surface area (TPSA) is 87.7 Å². The second-order valence-electron chi connectivity index (χ2n) is 10.2. The van der Waals surface area contributed by atoms with Crippen molar-refractivity contribution >= 4 is 79.6 Å². The molecule has 12 heteroatoms. The Morgan fingerprint density at radius 1 is 1.02 bits per heavy atom. The maximum atomic E-state index is 13.3. The van der Waals surface area contributed by atoms with Crippen molar-refractivity contribution in [2.75, 3.05) is 43.5 Å². The van der Waals surface area contributed by atoms with E-state index in [0.717, 1.165) is 47.1 Å². The molecule has 3 aromatic heterocycles. The predicted octanol–water partition coefficient (Wildman–Crippen LogP) is 6.99. The zero-order valence-corrected chi connectivity index (χ0v) is 25.8. The molecule has 1 saturated heterocycles. The Kier molecular flexibility index (Phi) is 9.45. The van der Waals surface area contributed by atoms with Gasteiger partial charge < -0.3 is 9.64 Å². The summed E-state index contributed by atoms with van der Waals surface area (Å²) < 4.78 is 4.75. The molecule has 4 heterocycles. The Balaban J connectivity index is 0.00000337. The number of thiazole rings is 1. The van der Waals surface area contributed by atoms with Gasteiger partial charge in [0.25, 0.3) is 5.91 Å². The Bertz CT molecular complexity index is 1540. The number of methoxy groups -OCH3 is 1. The molecule has 1 N–H and O–H groups in total. The van der Waals surface area contributed by atoms with Crippen LogP contribution in [0, 0.1) is 0 Å². The Morgan fingerprint density at radius 2 is 1.80 bits per heavy atom. The average molecular weight is 633 g/mol. The number of esters is 1. The Labute approximate surface area is 258 Å². The number of hydrogen-bond acceptors (Lipinski definition) is 9. The van der Waals surface area contributed by atoms with Crippen LogP contribution in [-0.2, 0) is 4.74 Å². The summed E-state index contributed by atoms with van der Waals surface area (Å²) in [6, 6.07) is 11.2. The minimum absolute atomic E-state index is 0. The van der Waals surface area contributed by atoms with Crippen LogP contribution in [0.1, 0.15) is 53.0 Å². The highest BCUT2D eigenvalue weighted by Crippen LogP contribution is 2.42. The van der Waals surface area contributed by atoms with E-state index in [0.29, 0.717) is 27.3 Å². The molecule has 216 valence electrons. The lowest BCUT2D eigenvalue weighted by Crippen LogP contribution is -2.50. The first-order valence-corrected chi connectivity index (χ1v) is 15.6. The quantitative estimate of drug-likeness (QED) is 0.229. The van der Waals surface area contributed by atoms with Crippen LogP contribution in [0.4, 0.5) is 10.1 Å². The first kappa shape index (κ1) is 29.7. The molecule has 1 aliphatic carbocycles. The number of fused-ring (bicyclic) bond motifs is 1. The van der Waals surface area contributed by atoms with Gasteiger partial charge in [0.1, 0.15) is 16.4 Å². The number of nitrogens with zero attached hydrogens (tertiary/aromatic N) is 4. The van der Waals surface area contributed by atoms with Crippen LogP contribution in [-0.4, -0.2) is 66.1 Å². The van der Waals surface area contributed by atoms with E-state index >= 15 is 0 Å². The number of anilines is 2. The number of hydrogen-bond donors (Lipinski definition) is 1. The Morgan fingerprint density at radius 3 is 2.51 bits per heavy atom. The molecule has 41 heavy (non-hydrogen) atoms. The molecular weight excluding hydrogens is 601 g/mol. The molecule has 0 bridgehead atoms. The summed E-state index contributed by atoms with van der Waals surface area (Å²) >= 11 is 9.34. The van der Waals surface area contributed by atoms with Crippen molar-refractivity contribution in [3.63, 3.8) is 0 Å². The fourth-order valence-electron chi connectivity index (χ4n) is 5.57. The van der Waals surface area contributed by atoms with E-state index in [1.807, 2.05) is 11.4 Å². The second-order valence-corrected chi connectivity index (χ2v) is 12.5. The van der Waals surface area contributed by atoms with Gasteiger partial charge in [-0.15, -0.1) is 23.7 Å². The highest BCUT2D eigenvalue weighted by Gasteiger charge is 2.28. The first-order valence-electron chi connectivity index (χ1n) is 13.5. The molecule has 1 amide bonds. The number of benzene rings is 1. The summed E-state index contributed by atoms with van der Waals surface area (Å²) in [4.78, 5) is 40.3. The molecule has 1 saturated carbocycles. The molecule has 1 aromatic carbocycles. The van der Waals surface area contributed by atoms with E-state index in [2.05, 4.69) is 20.1 Å². The fraction of sp³-hybridized carbons (Fsp3) is 0.379. The minimum atomic E-state index is -0.499. The average Bonchev–Trinajstić information content (AvgIpc) is 3.62. The number of ether oxygens (including phenoxy) is 1. The van der Waals surface area contributed by atoms with E-state index in [9.17, 15) is 9.59 Å². The first-order chi connectivity index (χ1) is 19.5. The van der Waals surface area contributed by atoms with Gasteiger partial charge in [0, 0.05) is 48.6 Å². The van der Waals surface area contributed by atoms with Crippen molar-refractivity contribution < 1.29 is 14.3 Å². The van der Waals surface area contributed by atoms with Crippen molar-refractivity contribution in [1.82, 2.24) is 14.9 Å². The van der Waals surface area contributed by atoms with E-state index in [1.54, 1.807) is 41.7 Å². The molecule has 4 aromatic rings. The minimum Gasteiger partial charge on any atom is -0.464 e. The van der Waals surface area contributed by atoms with Crippen LogP contribution in [0.2, 0.25) is 5.02 Å². The third kappa shape index (κ3) is 6.52. The number of rotatable bonds is 6. The smallest absolute Gasteiger partial charge is 0.356 e. The molecule has 0 unspecified atom stereocenters. The van der Waals surface area contributed by atoms with Gasteiger partial charge in [-0.1, -0.05) is 48.3 Å². The fourth-order valence-corrected chi connectivity index (χ4v) is 7.72. The molecule has 2 fully saturated rings. The van der Waals surface area contributed by atoms with Crippen LogP contribution >= 0.6 is 46.7 Å². The molecule has 0 spiro atoms. The van der Waals surface area contributed by atoms with Crippen LogP contribution < -0.4 is 10.2 Å². The van der Waals surface area contributed by atoms with Gasteiger partial charge in [-0.25, -0.2) is 14.8 Å². The highest BCUT2D eigenvalue weighted by molar-refractivity contribution is 7.21. The third-order valence-corrected chi connectivity index (χ3v) is 9.99. The van der Waals surface area contributed by atoms with Crippen molar-refractivity contribution in [2.24, 2.45) is 0 Å². The second kappa shape index (κ2) is 13.0. The lowest BCUT2D eigenvalue weighted by molar-refractivity contribution is 0.0594. The van der Waals surface area contributed by atoms with Crippen molar-refractivity contribution in [3.8, 4) is 10.6 Å². The van der Waals surface area contributed by atoms with Crippen molar-refractivity contribution in [1.29, 1.82) is 0 Å². The zero-order chi connectivity index (χ0) is 27.6. The number of pyridine rings is 1. The summed E-state index contributed by atoms with van der Waals surface area (Å²) in [5.41, 5.74) is 2.18. The van der Waals surface area contributed by atoms with Gasteiger partial charge in [0.05, 0.1) is 22.5 Å². The van der Waals surface area contributed by atoms with Crippen LogP contribution in [0.25, 0.3) is 21.5 Å². The molecular formula is C29H31Cl2N5O3S2. The van der Waals surface area contributed by atoms with Crippen molar-refractivity contribution in [3.05, 3.63) is 58.1 Å². The zero-order valence-electron chi connectivity index (χ0n) is 22.6. The maximum absolute atomic E-state index is 13.3. The number of aromatic nitrogens is 2. The number of nitrogens with one attached hydrogen (secondary N) is 1. The number of amides is 1. The maximum Gasteiger partial charge on any atom is 0.356 e. The number of thiophene rings is 1. The van der Waals surface area contributed by atoms with Crippen LogP contribution in [0.3, 0.4) is 0 Å². The van der Waals surface area contributed by atoms with Crippen LogP contribution in [0.15, 0.2) is 41.8 Å². The van der Waals surface area contributed by atoms with Gasteiger partial charge in [-0.2, -0.15) is 0 Å². The number of carbonyl (C=O) groups is 2. The van der Waals surface area contributed by atoms with Crippen LogP contribution in [0.5, 0.6) is 0 Å². The van der Waals surface area contributed by atoms with E-state index < -0.39 is 5.97 Å². The summed E-state index contributed by atoms with van der Waals surface area (Å²) in [5.74, 6) is -0.751. The summed E-state index contributed by atoms with van der Waals surface area (Å²) in [5, 5.41) is 7.97. The highest BCUT2D eigenvalue weighted by atomic mass is 35.5. The molecule has 2 aliphatic rings. The van der Waals surface area contributed by atoms with E-state index in [1.165, 1.54) is 50.6 Å². The largest absolute Gasteiger partial charge is 0.464 e. The standard InChI is InChI=1S/C29H30ClN5O3S2.ClH/c1-38-28(37)23-10-7-18-15-19(8-9-22(18)31-23)26(36)33-29-32-25(24-16-20(30)17-39-24)27(40-29)35-13-11-34(12-14-35)21-5-3-2-4-6-21;/h7-10,15-17,21H,2-6,11-14H2,1H3,(H,32,33,36);1H. The van der Waals surface area contributed by atoms with E-state index in [4.69, 9.17) is 21.3 Å². The number of carbonyl (C=O) groups excluding carboxylic acids is 2. The monoisotopic (exact) mass is 631 g/mol. The normalized spacial score (nSPS) is 16.4. The summed E-state index contributed by atoms with van der Waals surface area (Å²) in [6.45, 7) is 3.95. The van der Waals surface area contributed by atoms with Gasteiger partial charge in [-0.05, 0) is 43.2 Å². The lowest BCUT2D eigenvalue weighted by atomic mass is 9.94. The molecule has 0 atom stereocenters. The predicted molar refractivity (Wildman–Crippen MR) is 169 cm³/mol. The molecule has 0 radical (unpaired) electrons. The summed E-state index contributed by atoms with van der Waals surface area (Å²) in [6.07, 6.45) is 6.67.